The molecule has 0 saturated carbocycles. The summed E-state index contributed by atoms with van der Waals surface area (Å²) in [6.07, 6.45) is 0. The van der Waals surface area contributed by atoms with Crippen molar-refractivity contribution < 1.29 is 0 Å². The number of rotatable bonds is 6. The van der Waals surface area contributed by atoms with E-state index in [0.717, 1.165) is 17.1 Å². The number of fused-ring (bicyclic) bond motifs is 6. The van der Waals surface area contributed by atoms with Crippen molar-refractivity contribution in [2.45, 2.75) is 90.9 Å². The quantitative estimate of drug-likeness (QED) is 0.162. The summed E-state index contributed by atoms with van der Waals surface area (Å²) in [7, 11) is 0. The first-order valence-electron chi connectivity index (χ1n) is 22.8. The van der Waals surface area contributed by atoms with E-state index in [2.05, 4.69) is 250 Å². The second kappa shape index (κ2) is 14.6. The summed E-state index contributed by atoms with van der Waals surface area (Å²) in [5.41, 5.74) is 24.2. The maximum absolute atomic E-state index is 2.51. The minimum absolute atomic E-state index is 0.0123. The summed E-state index contributed by atoms with van der Waals surface area (Å²) >= 11 is 0. The van der Waals surface area contributed by atoms with Crippen molar-refractivity contribution in [3.8, 4) is 55.6 Å². The second-order valence-electron chi connectivity index (χ2n) is 21.0. The molecule has 63 heavy (non-hydrogen) atoms. The standard InChI is InChI=1S/C62H59N/c1-59(2,3)43-36-42(37-44(39-43)60(4,5)6)47-21-14-18-29-57(47)63(45-33-30-40(31-34-45)48-24-19-25-52-50-23-12-16-27-54(50)62(9,10)58(48)52)56-28-17-13-20-46(56)41-32-35-51-49-22-11-15-26-53(49)61(7,8)55(51)38-41/h11-39H,1-10H3. The van der Waals surface area contributed by atoms with Crippen molar-refractivity contribution in [3.63, 3.8) is 0 Å². The van der Waals surface area contributed by atoms with Crippen LogP contribution in [0.4, 0.5) is 17.1 Å². The van der Waals surface area contributed by atoms with Crippen molar-refractivity contribution in [3.05, 3.63) is 209 Å². The third kappa shape index (κ3) is 6.67. The Kier molecular flexibility index (Phi) is 9.39. The van der Waals surface area contributed by atoms with Gasteiger partial charge >= 0.3 is 0 Å². The molecular weight excluding hydrogens is 759 g/mol. The van der Waals surface area contributed by atoms with E-state index in [1.54, 1.807) is 0 Å². The first-order chi connectivity index (χ1) is 30.0. The van der Waals surface area contributed by atoms with E-state index in [0.29, 0.717) is 0 Å². The van der Waals surface area contributed by atoms with E-state index in [1.165, 1.54) is 89.0 Å². The minimum Gasteiger partial charge on any atom is -0.309 e. The van der Waals surface area contributed by atoms with Gasteiger partial charge in [0.15, 0.2) is 0 Å². The first-order valence-corrected chi connectivity index (χ1v) is 22.8. The van der Waals surface area contributed by atoms with Crippen LogP contribution in [0.3, 0.4) is 0 Å². The molecule has 0 atom stereocenters. The summed E-state index contributed by atoms with van der Waals surface area (Å²) in [4.78, 5) is 2.51. The minimum atomic E-state index is -0.107. The van der Waals surface area contributed by atoms with Crippen molar-refractivity contribution >= 4 is 17.1 Å². The lowest BCUT2D eigenvalue weighted by Crippen LogP contribution is -2.17. The highest BCUT2D eigenvalue weighted by atomic mass is 15.1. The molecule has 10 rings (SSSR count). The number of hydrogen-bond acceptors (Lipinski definition) is 1. The summed E-state index contributed by atoms with van der Waals surface area (Å²) in [6.45, 7) is 23.5. The molecule has 0 saturated heterocycles. The molecule has 0 heterocycles. The predicted molar refractivity (Wildman–Crippen MR) is 270 cm³/mol. The second-order valence-corrected chi connectivity index (χ2v) is 21.0. The highest BCUT2D eigenvalue weighted by Gasteiger charge is 2.38. The molecule has 312 valence electrons. The molecule has 0 N–H and O–H groups in total. The molecule has 0 aliphatic heterocycles. The Labute approximate surface area is 376 Å². The zero-order valence-corrected chi connectivity index (χ0v) is 38.7. The van der Waals surface area contributed by atoms with Crippen molar-refractivity contribution in [1.29, 1.82) is 0 Å². The fourth-order valence-electron chi connectivity index (χ4n) is 10.6. The molecular formula is C62H59N. The zero-order chi connectivity index (χ0) is 44.1. The SMILES string of the molecule is CC(C)(C)c1cc(-c2ccccc2N(c2ccc(-c3cccc4c3C(C)(C)c3ccccc3-4)cc2)c2ccccc2-c2ccc3c(c2)C(C)(C)c2ccccc2-3)cc(C(C)(C)C)c1. The van der Waals surface area contributed by atoms with Crippen LogP contribution in [0.1, 0.15) is 103 Å². The Morgan fingerprint density at radius 3 is 1.37 bits per heavy atom. The third-order valence-corrected chi connectivity index (χ3v) is 14.2. The van der Waals surface area contributed by atoms with Crippen molar-refractivity contribution in [2.24, 2.45) is 0 Å². The molecule has 0 spiro atoms. The molecule has 1 nitrogen and oxygen atoms in total. The van der Waals surface area contributed by atoms with E-state index < -0.39 is 0 Å². The van der Waals surface area contributed by atoms with Crippen LogP contribution in [0.25, 0.3) is 55.6 Å². The number of hydrogen-bond donors (Lipinski definition) is 0. The summed E-state index contributed by atoms with van der Waals surface area (Å²) in [5.74, 6) is 0. The van der Waals surface area contributed by atoms with Gasteiger partial charge in [0, 0.05) is 27.6 Å². The Bertz CT molecular complexity index is 3040. The maximum atomic E-state index is 2.51. The summed E-state index contributed by atoms with van der Waals surface area (Å²) in [5, 5.41) is 0. The van der Waals surface area contributed by atoms with Crippen LogP contribution in [0.5, 0.6) is 0 Å². The summed E-state index contributed by atoms with van der Waals surface area (Å²) in [6, 6.07) is 66.5. The number of para-hydroxylation sites is 2. The van der Waals surface area contributed by atoms with Crippen LogP contribution in [0.15, 0.2) is 176 Å². The molecule has 0 bridgehead atoms. The zero-order valence-electron chi connectivity index (χ0n) is 38.7. The molecule has 0 aromatic heterocycles. The normalized spacial score (nSPS) is 14.4. The van der Waals surface area contributed by atoms with Crippen LogP contribution in [-0.2, 0) is 21.7 Å². The average Bonchev–Trinajstić information content (AvgIpc) is 3.66. The van der Waals surface area contributed by atoms with Crippen LogP contribution in [-0.4, -0.2) is 0 Å². The molecule has 0 unspecified atom stereocenters. The van der Waals surface area contributed by atoms with Crippen molar-refractivity contribution in [1.82, 2.24) is 0 Å². The topological polar surface area (TPSA) is 3.24 Å². The average molecular weight is 818 g/mol. The first kappa shape index (κ1) is 40.6. The highest BCUT2D eigenvalue weighted by molar-refractivity contribution is 5.96. The Morgan fingerprint density at radius 1 is 0.333 bits per heavy atom. The van der Waals surface area contributed by atoms with Crippen LogP contribution < -0.4 is 4.90 Å². The molecule has 1 heteroatoms. The van der Waals surface area contributed by atoms with Gasteiger partial charge in [0.05, 0.1) is 11.4 Å². The molecule has 2 aliphatic carbocycles. The Morgan fingerprint density at radius 2 is 0.778 bits per heavy atom. The lowest BCUT2D eigenvalue weighted by atomic mass is 9.78. The Balaban J connectivity index is 1.17. The molecule has 0 fully saturated rings. The smallest absolute Gasteiger partial charge is 0.0540 e. The van der Waals surface area contributed by atoms with Crippen LogP contribution >= 0.6 is 0 Å². The largest absolute Gasteiger partial charge is 0.309 e. The van der Waals surface area contributed by atoms with Gasteiger partial charge in [-0.15, -0.1) is 0 Å². The Hall–Kier alpha value is -6.44. The molecule has 8 aromatic rings. The maximum Gasteiger partial charge on any atom is 0.0540 e. The van der Waals surface area contributed by atoms with Crippen LogP contribution in [0, 0.1) is 0 Å². The van der Waals surface area contributed by atoms with E-state index in [-0.39, 0.29) is 21.7 Å². The number of benzene rings is 8. The van der Waals surface area contributed by atoms with Crippen LogP contribution in [0.2, 0.25) is 0 Å². The lowest BCUT2D eigenvalue weighted by Gasteiger charge is -2.31. The van der Waals surface area contributed by atoms with Crippen molar-refractivity contribution in [2.75, 3.05) is 4.90 Å². The molecule has 0 radical (unpaired) electrons. The fraction of sp³-hybridized carbons (Fsp3) is 0.226. The van der Waals surface area contributed by atoms with Gasteiger partial charge in [-0.2, -0.15) is 0 Å². The van der Waals surface area contributed by atoms with E-state index in [4.69, 9.17) is 0 Å². The monoisotopic (exact) mass is 817 g/mol. The van der Waals surface area contributed by atoms with E-state index >= 15 is 0 Å². The van der Waals surface area contributed by atoms with Gasteiger partial charge < -0.3 is 4.90 Å². The van der Waals surface area contributed by atoms with Gasteiger partial charge in [-0.05, 0) is 119 Å². The van der Waals surface area contributed by atoms with Gasteiger partial charge in [0.25, 0.3) is 0 Å². The predicted octanol–water partition coefficient (Wildman–Crippen LogP) is 17.4. The van der Waals surface area contributed by atoms with Gasteiger partial charge in [-0.3, -0.25) is 0 Å². The third-order valence-electron chi connectivity index (χ3n) is 14.2. The number of anilines is 3. The van der Waals surface area contributed by atoms with Gasteiger partial charge in [0.2, 0.25) is 0 Å². The molecule has 0 amide bonds. The van der Waals surface area contributed by atoms with E-state index in [9.17, 15) is 0 Å². The number of nitrogens with zero attached hydrogens (tertiary/aromatic N) is 1. The van der Waals surface area contributed by atoms with E-state index in [1.807, 2.05) is 0 Å². The van der Waals surface area contributed by atoms with Gasteiger partial charge in [0.1, 0.15) is 0 Å². The molecule has 2 aliphatic rings. The summed E-state index contributed by atoms with van der Waals surface area (Å²) < 4.78 is 0. The highest BCUT2D eigenvalue weighted by Crippen LogP contribution is 2.54. The van der Waals surface area contributed by atoms with Gasteiger partial charge in [-0.25, -0.2) is 0 Å². The fourth-order valence-corrected chi connectivity index (χ4v) is 10.6. The lowest BCUT2D eigenvalue weighted by molar-refractivity contribution is 0.569. The van der Waals surface area contributed by atoms with Gasteiger partial charge in [-0.1, -0.05) is 215 Å². The molecule has 8 aromatic carbocycles.